The van der Waals surface area contributed by atoms with Gasteiger partial charge >= 0.3 is 0 Å². The van der Waals surface area contributed by atoms with E-state index < -0.39 is 0 Å². The average molecular weight is 359 g/mol. The second-order valence-corrected chi connectivity index (χ2v) is 5.55. The summed E-state index contributed by atoms with van der Waals surface area (Å²) in [5.41, 5.74) is 2.67. The fourth-order valence-corrected chi connectivity index (χ4v) is 2.55. The Morgan fingerprint density at radius 3 is 2.85 bits per heavy atom. The number of methoxy groups -OCH3 is 1. The number of halogens is 3. The summed E-state index contributed by atoms with van der Waals surface area (Å²) in [6.07, 6.45) is 0. The largest absolute Gasteiger partial charge is 0.381 e. The van der Waals surface area contributed by atoms with Crippen molar-refractivity contribution in [2.75, 3.05) is 12.4 Å². The summed E-state index contributed by atoms with van der Waals surface area (Å²) in [5, 5.41) is 3.81. The van der Waals surface area contributed by atoms with E-state index in [1.54, 1.807) is 13.2 Å². The van der Waals surface area contributed by atoms with Crippen LogP contribution in [0.25, 0.3) is 0 Å². The van der Waals surface area contributed by atoms with Crippen LogP contribution in [0.3, 0.4) is 0 Å². The van der Waals surface area contributed by atoms with Crippen LogP contribution in [-0.4, -0.2) is 7.11 Å². The molecule has 0 bridgehead atoms. The number of ether oxygens (including phenoxy) is 1. The predicted octanol–water partition coefficient (Wildman–Crippen LogP) is 5.00. The van der Waals surface area contributed by atoms with Crippen molar-refractivity contribution in [2.45, 2.75) is 13.2 Å². The van der Waals surface area contributed by atoms with Crippen molar-refractivity contribution in [3.05, 3.63) is 62.8 Å². The molecule has 0 aliphatic rings. The van der Waals surface area contributed by atoms with Gasteiger partial charge < -0.3 is 10.1 Å². The summed E-state index contributed by atoms with van der Waals surface area (Å²) in [7, 11) is 1.65. The highest BCUT2D eigenvalue weighted by molar-refractivity contribution is 9.10. The van der Waals surface area contributed by atoms with Gasteiger partial charge in [-0.05, 0) is 35.9 Å². The highest BCUT2D eigenvalue weighted by Gasteiger charge is 2.08. The minimum atomic E-state index is -0.294. The molecule has 0 aliphatic heterocycles. The molecule has 0 amide bonds. The third-order valence-corrected chi connectivity index (χ3v) is 4.00. The molecule has 2 nitrogen and oxygen atoms in total. The maximum atomic E-state index is 13.2. The minimum absolute atomic E-state index is 0.294. The summed E-state index contributed by atoms with van der Waals surface area (Å²) >= 11 is 9.55. The van der Waals surface area contributed by atoms with E-state index in [0.717, 1.165) is 21.3 Å². The van der Waals surface area contributed by atoms with E-state index in [-0.39, 0.29) is 5.82 Å². The Balaban J connectivity index is 2.18. The lowest BCUT2D eigenvalue weighted by Crippen LogP contribution is -2.04. The normalized spacial score (nSPS) is 10.6. The van der Waals surface area contributed by atoms with Crippen molar-refractivity contribution in [1.29, 1.82) is 0 Å². The van der Waals surface area contributed by atoms with Crippen molar-refractivity contribution in [2.24, 2.45) is 0 Å². The first-order chi connectivity index (χ1) is 9.61. The molecule has 0 unspecified atom stereocenters. The van der Waals surface area contributed by atoms with Gasteiger partial charge in [0, 0.05) is 34.4 Å². The molecule has 106 valence electrons. The van der Waals surface area contributed by atoms with Crippen LogP contribution in [0.4, 0.5) is 10.1 Å². The van der Waals surface area contributed by atoms with Gasteiger partial charge in [0.15, 0.2) is 0 Å². The van der Waals surface area contributed by atoms with Crippen LogP contribution in [0.1, 0.15) is 11.1 Å². The molecular formula is C15H14BrClFNO. The Bertz CT molecular complexity index is 606. The molecule has 2 rings (SSSR count). The summed E-state index contributed by atoms with van der Waals surface area (Å²) in [6.45, 7) is 0.935. The quantitative estimate of drug-likeness (QED) is 0.812. The summed E-state index contributed by atoms with van der Waals surface area (Å²) in [6, 6.07) is 10.2. The zero-order valence-corrected chi connectivity index (χ0v) is 13.3. The highest BCUT2D eigenvalue weighted by Crippen LogP contribution is 2.27. The topological polar surface area (TPSA) is 21.3 Å². The van der Waals surface area contributed by atoms with Crippen LogP contribution >= 0.6 is 27.5 Å². The van der Waals surface area contributed by atoms with Crippen LogP contribution in [0.2, 0.25) is 5.02 Å². The molecule has 0 heterocycles. The number of hydrogen-bond acceptors (Lipinski definition) is 2. The van der Waals surface area contributed by atoms with Gasteiger partial charge in [-0.2, -0.15) is 0 Å². The van der Waals surface area contributed by atoms with Crippen LogP contribution in [0.5, 0.6) is 0 Å². The van der Waals surface area contributed by atoms with Crippen LogP contribution in [0.15, 0.2) is 40.9 Å². The molecule has 0 spiro atoms. The molecule has 20 heavy (non-hydrogen) atoms. The Hall–Kier alpha value is -1.10. The Kier molecular flexibility index (Phi) is 5.40. The Morgan fingerprint density at radius 1 is 1.30 bits per heavy atom. The molecule has 5 heteroatoms. The van der Waals surface area contributed by atoms with Crippen LogP contribution < -0.4 is 5.32 Å². The molecule has 0 aliphatic carbocycles. The number of hydrogen-bond donors (Lipinski definition) is 1. The lowest BCUT2D eigenvalue weighted by Gasteiger charge is -2.14. The van der Waals surface area contributed by atoms with Crippen LogP contribution in [-0.2, 0) is 17.9 Å². The van der Waals surface area contributed by atoms with E-state index in [0.29, 0.717) is 18.2 Å². The minimum Gasteiger partial charge on any atom is -0.381 e. The first kappa shape index (κ1) is 15.3. The molecule has 0 fully saturated rings. The Morgan fingerprint density at radius 2 is 2.10 bits per heavy atom. The molecule has 1 N–H and O–H groups in total. The first-order valence-corrected chi connectivity index (χ1v) is 7.23. The molecule has 0 atom stereocenters. The summed E-state index contributed by atoms with van der Waals surface area (Å²) in [4.78, 5) is 0. The standard InChI is InChI=1S/C15H14BrClFNO/c1-20-9-12-13(16)3-2-4-15(12)19-8-10-7-11(18)5-6-14(10)17/h2-7,19H,8-9H2,1H3. The monoisotopic (exact) mass is 357 g/mol. The average Bonchev–Trinajstić information content (AvgIpc) is 2.43. The zero-order chi connectivity index (χ0) is 14.5. The number of nitrogens with one attached hydrogen (secondary N) is 1. The zero-order valence-electron chi connectivity index (χ0n) is 10.9. The molecule has 0 aromatic heterocycles. The van der Waals surface area contributed by atoms with Crippen LogP contribution in [0, 0.1) is 5.82 Å². The van der Waals surface area contributed by atoms with Crippen molar-refractivity contribution in [3.63, 3.8) is 0 Å². The molecule has 0 saturated heterocycles. The van der Waals surface area contributed by atoms with Crippen molar-refractivity contribution >= 4 is 33.2 Å². The Labute approximate surface area is 131 Å². The third-order valence-electron chi connectivity index (χ3n) is 2.88. The van der Waals surface area contributed by atoms with E-state index >= 15 is 0 Å². The number of anilines is 1. The van der Waals surface area contributed by atoms with Crippen molar-refractivity contribution < 1.29 is 9.13 Å². The highest BCUT2D eigenvalue weighted by atomic mass is 79.9. The third kappa shape index (κ3) is 3.72. The second-order valence-electron chi connectivity index (χ2n) is 4.29. The maximum Gasteiger partial charge on any atom is 0.123 e. The van der Waals surface area contributed by atoms with E-state index in [1.165, 1.54) is 12.1 Å². The smallest absolute Gasteiger partial charge is 0.123 e. The van der Waals surface area contributed by atoms with Gasteiger partial charge in [0.05, 0.1) is 6.61 Å². The second kappa shape index (κ2) is 7.07. The molecule has 0 radical (unpaired) electrons. The lowest BCUT2D eigenvalue weighted by atomic mass is 10.1. The summed E-state index contributed by atoms with van der Waals surface area (Å²) < 4.78 is 19.4. The van der Waals surface area contributed by atoms with Gasteiger partial charge in [0.2, 0.25) is 0 Å². The molecule has 2 aromatic carbocycles. The molecule has 0 saturated carbocycles. The van der Waals surface area contributed by atoms with E-state index in [2.05, 4.69) is 21.2 Å². The van der Waals surface area contributed by atoms with Gasteiger partial charge in [-0.3, -0.25) is 0 Å². The van der Waals surface area contributed by atoms with Gasteiger partial charge in [0.25, 0.3) is 0 Å². The predicted molar refractivity (Wildman–Crippen MR) is 83.6 cm³/mol. The first-order valence-electron chi connectivity index (χ1n) is 6.06. The SMILES string of the molecule is COCc1c(Br)cccc1NCc1cc(F)ccc1Cl. The van der Waals surface area contributed by atoms with Gasteiger partial charge in [-0.1, -0.05) is 33.6 Å². The van der Waals surface area contributed by atoms with Crippen molar-refractivity contribution in [1.82, 2.24) is 0 Å². The van der Waals surface area contributed by atoms with E-state index in [9.17, 15) is 4.39 Å². The number of benzene rings is 2. The summed E-state index contributed by atoms with van der Waals surface area (Å²) in [5.74, 6) is -0.294. The fraction of sp³-hybridized carbons (Fsp3) is 0.200. The van der Waals surface area contributed by atoms with E-state index in [1.807, 2.05) is 18.2 Å². The van der Waals surface area contributed by atoms with Crippen molar-refractivity contribution in [3.8, 4) is 0 Å². The number of rotatable bonds is 5. The van der Waals surface area contributed by atoms with Gasteiger partial charge in [-0.25, -0.2) is 4.39 Å². The van der Waals surface area contributed by atoms with E-state index in [4.69, 9.17) is 16.3 Å². The van der Waals surface area contributed by atoms with Gasteiger partial charge in [-0.15, -0.1) is 0 Å². The fourth-order valence-electron chi connectivity index (χ4n) is 1.88. The maximum absolute atomic E-state index is 13.2. The molecular weight excluding hydrogens is 345 g/mol. The lowest BCUT2D eigenvalue weighted by molar-refractivity contribution is 0.185. The molecule has 2 aromatic rings. The van der Waals surface area contributed by atoms with Gasteiger partial charge in [0.1, 0.15) is 5.82 Å².